The van der Waals surface area contributed by atoms with Crippen LogP contribution in [-0.4, -0.2) is 23.6 Å². The second-order valence-electron chi connectivity index (χ2n) is 7.77. The molecule has 2 aliphatic rings. The standard InChI is InChI=1S/C25H27NO3S2/c1-28-22-14-18(15-23-24(27)26-25(30-2)31-23)10-13-21(22)29-16-17-8-11-20(12-9-17)19-6-4-3-5-7-19/h8-15,19H,3-7,16H2,1-2H3. The molecule has 1 amide bonds. The van der Waals surface area contributed by atoms with Crippen LogP contribution < -0.4 is 9.47 Å². The van der Waals surface area contributed by atoms with Crippen molar-refractivity contribution < 1.29 is 14.3 Å². The topological polar surface area (TPSA) is 47.9 Å². The summed E-state index contributed by atoms with van der Waals surface area (Å²) in [5, 5.41) is 0. The molecular formula is C25H27NO3S2. The molecule has 0 atom stereocenters. The summed E-state index contributed by atoms with van der Waals surface area (Å²) >= 11 is 2.88. The normalized spacial score (nSPS) is 18.3. The number of ether oxygens (including phenoxy) is 2. The van der Waals surface area contributed by atoms with Crippen molar-refractivity contribution in [2.75, 3.05) is 13.4 Å². The molecule has 0 radical (unpaired) electrons. The number of benzene rings is 2. The van der Waals surface area contributed by atoms with Gasteiger partial charge < -0.3 is 9.47 Å². The summed E-state index contributed by atoms with van der Waals surface area (Å²) in [6, 6.07) is 14.6. The molecule has 1 fully saturated rings. The zero-order chi connectivity index (χ0) is 21.6. The highest BCUT2D eigenvalue weighted by atomic mass is 32.2. The third-order valence-corrected chi connectivity index (χ3v) is 7.68. The molecule has 4 nitrogen and oxygen atoms in total. The van der Waals surface area contributed by atoms with Crippen LogP contribution in [0.15, 0.2) is 52.4 Å². The van der Waals surface area contributed by atoms with Gasteiger partial charge in [0.05, 0.1) is 12.0 Å². The van der Waals surface area contributed by atoms with E-state index in [1.54, 1.807) is 7.11 Å². The van der Waals surface area contributed by atoms with Gasteiger partial charge in [0.15, 0.2) is 11.5 Å². The molecule has 4 rings (SSSR count). The van der Waals surface area contributed by atoms with Crippen LogP contribution in [0.3, 0.4) is 0 Å². The Labute approximate surface area is 192 Å². The van der Waals surface area contributed by atoms with Crippen LogP contribution in [0.1, 0.15) is 54.7 Å². The summed E-state index contributed by atoms with van der Waals surface area (Å²) in [4.78, 5) is 16.7. The highest BCUT2D eigenvalue weighted by molar-refractivity contribution is 8.40. The average molecular weight is 454 g/mol. The lowest BCUT2D eigenvalue weighted by Gasteiger charge is -2.22. The molecule has 6 heteroatoms. The highest BCUT2D eigenvalue weighted by Crippen LogP contribution is 2.35. The van der Waals surface area contributed by atoms with E-state index in [1.807, 2.05) is 30.5 Å². The highest BCUT2D eigenvalue weighted by Gasteiger charge is 2.21. The van der Waals surface area contributed by atoms with Gasteiger partial charge in [0.1, 0.15) is 11.0 Å². The fourth-order valence-corrected chi connectivity index (χ4v) is 5.43. The predicted octanol–water partition coefficient (Wildman–Crippen LogP) is 6.66. The Morgan fingerprint density at radius 3 is 2.55 bits per heavy atom. The number of hydrogen-bond donors (Lipinski definition) is 0. The number of carbonyl (C=O) groups excluding carboxylic acids is 1. The minimum absolute atomic E-state index is 0.190. The van der Waals surface area contributed by atoms with Gasteiger partial charge >= 0.3 is 0 Å². The molecule has 0 bridgehead atoms. The van der Waals surface area contributed by atoms with E-state index in [0.717, 1.165) is 15.5 Å². The van der Waals surface area contributed by atoms with Crippen molar-refractivity contribution in [2.24, 2.45) is 4.99 Å². The van der Waals surface area contributed by atoms with Crippen molar-refractivity contribution >= 4 is 39.9 Å². The lowest BCUT2D eigenvalue weighted by Crippen LogP contribution is -2.04. The Balaban J connectivity index is 1.40. The Kier molecular flexibility index (Phi) is 7.41. The van der Waals surface area contributed by atoms with E-state index >= 15 is 0 Å². The summed E-state index contributed by atoms with van der Waals surface area (Å²) in [5.74, 6) is 1.86. The minimum Gasteiger partial charge on any atom is -0.493 e. The van der Waals surface area contributed by atoms with Gasteiger partial charge in [-0.3, -0.25) is 4.79 Å². The van der Waals surface area contributed by atoms with Crippen LogP contribution in [0, 0.1) is 0 Å². The molecular weight excluding hydrogens is 426 g/mol. The first kappa shape index (κ1) is 22.0. The number of thioether (sulfide) groups is 2. The first-order valence-electron chi connectivity index (χ1n) is 10.6. The minimum atomic E-state index is -0.190. The first-order chi connectivity index (χ1) is 15.2. The maximum Gasteiger partial charge on any atom is 0.285 e. The largest absolute Gasteiger partial charge is 0.493 e. The molecule has 1 heterocycles. The molecule has 31 heavy (non-hydrogen) atoms. The summed E-state index contributed by atoms with van der Waals surface area (Å²) in [5.41, 5.74) is 3.48. The number of carbonyl (C=O) groups is 1. The van der Waals surface area contributed by atoms with Gasteiger partial charge in [-0.05, 0) is 59.9 Å². The van der Waals surface area contributed by atoms with E-state index in [0.29, 0.717) is 28.9 Å². The van der Waals surface area contributed by atoms with Crippen LogP contribution in [0.2, 0.25) is 0 Å². The second-order valence-corrected chi connectivity index (χ2v) is 9.86. The molecule has 1 saturated carbocycles. The van der Waals surface area contributed by atoms with Gasteiger partial charge in [-0.2, -0.15) is 4.99 Å². The maximum atomic E-state index is 12.0. The zero-order valence-electron chi connectivity index (χ0n) is 17.9. The quantitative estimate of drug-likeness (QED) is 0.458. The van der Waals surface area contributed by atoms with E-state index in [1.165, 1.54) is 61.2 Å². The second kappa shape index (κ2) is 10.4. The number of nitrogens with zero attached hydrogens (tertiary/aromatic N) is 1. The Morgan fingerprint density at radius 1 is 1.10 bits per heavy atom. The number of amides is 1. The average Bonchev–Trinajstić information content (AvgIpc) is 3.18. The molecule has 2 aromatic rings. The van der Waals surface area contributed by atoms with Crippen molar-refractivity contribution in [2.45, 2.75) is 44.6 Å². The molecule has 1 aliphatic heterocycles. The smallest absolute Gasteiger partial charge is 0.285 e. The van der Waals surface area contributed by atoms with E-state index in [4.69, 9.17) is 9.47 Å². The van der Waals surface area contributed by atoms with Crippen LogP contribution >= 0.6 is 23.5 Å². The first-order valence-corrected chi connectivity index (χ1v) is 12.7. The van der Waals surface area contributed by atoms with Gasteiger partial charge in [0.25, 0.3) is 5.91 Å². The molecule has 162 valence electrons. The van der Waals surface area contributed by atoms with Gasteiger partial charge in [-0.1, -0.05) is 61.4 Å². The number of methoxy groups -OCH3 is 1. The van der Waals surface area contributed by atoms with Crippen LogP contribution in [0.5, 0.6) is 11.5 Å². The van der Waals surface area contributed by atoms with Gasteiger partial charge in [0, 0.05) is 0 Å². The number of rotatable bonds is 6. The molecule has 0 saturated heterocycles. The van der Waals surface area contributed by atoms with E-state index in [2.05, 4.69) is 29.3 Å². The molecule has 0 spiro atoms. The zero-order valence-corrected chi connectivity index (χ0v) is 19.6. The summed E-state index contributed by atoms with van der Waals surface area (Å²) in [7, 11) is 1.63. The van der Waals surface area contributed by atoms with E-state index in [-0.39, 0.29) is 5.91 Å². The Morgan fingerprint density at radius 2 is 1.87 bits per heavy atom. The lowest BCUT2D eigenvalue weighted by molar-refractivity contribution is -0.113. The van der Waals surface area contributed by atoms with E-state index < -0.39 is 0 Å². The predicted molar refractivity (Wildman–Crippen MR) is 131 cm³/mol. The van der Waals surface area contributed by atoms with Crippen LogP contribution in [-0.2, 0) is 11.4 Å². The van der Waals surface area contributed by atoms with Gasteiger partial charge in [-0.15, -0.1) is 11.8 Å². The molecule has 1 aliphatic carbocycles. The number of aliphatic imine (C=N–C) groups is 1. The van der Waals surface area contributed by atoms with Crippen molar-refractivity contribution in [3.05, 3.63) is 64.1 Å². The van der Waals surface area contributed by atoms with Crippen molar-refractivity contribution in [1.82, 2.24) is 0 Å². The number of hydrogen-bond acceptors (Lipinski definition) is 5. The van der Waals surface area contributed by atoms with E-state index in [9.17, 15) is 4.79 Å². The third kappa shape index (κ3) is 5.55. The Hall–Kier alpha value is -2.18. The molecule has 2 aromatic carbocycles. The molecule has 0 unspecified atom stereocenters. The third-order valence-electron chi connectivity index (χ3n) is 5.71. The van der Waals surface area contributed by atoms with Crippen molar-refractivity contribution in [1.29, 1.82) is 0 Å². The Bertz CT molecular complexity index is 992. The summed E-state index contributed by atoms with van der Waals surface area (Å²) < 4.78 is 12.3. The van der Waals surface area contributed by atoms with Crippen LogP contribution in [0.4, 0.5) is 0 Å². The van der Waals surface area contributed by atoms with Crippen LogP contribution in [0.25, 0.3) is 6.08 Å². The maximum absolute atomic E-state index is 12.0. The fourth-order valence-electron chi connectivity index (χ4n) is 4.00. The molecule has 0 N–H and O–H groups in total. The van der Waals surface area contributed by atoms with Gasteiger partial charge in [0.2, 0.25) is 0 Å². The van der Waals surface area contributed by atoms with Crippen molar-refractivity contribution in [3.8, 4) is 11.5 Å². The molecule has 0 aromatic heterocycles. The SMILES string of the molecule is COc1cc(C=C2SC(SC)=NC2=O)ccc1OCc1ccc(C2CCCCC2)cc1. The summed E-state index contributed by atoms with van der Waals surface area (Å²) in [6.07, 6.45) is 10.5. The monoisotopic (exact) mass is 453 g/mol. The lowest BCUT2D eigenvalue weighted by atomic mass is 9.84. The van der Waals surface area contributed by atoms with Crippen molar-refractivity contribution in [3.63, 3.8) is 0 Å². The summed E-state index contributed by atoms with van der Waals surface area (Å²) in [6.45, 7) is 0.487. The fraction of sp³-hybridized carbons (Fsp3) is 0.360. The van der Waals surface area contributed by atoms with Gasteiger partial charge in [-0.25, -0.2) is 0 Å².